The van der Waals surface area contributed by atoms with Gasteiger partial charge in [-0.15, -0.1) is 24.5 Å². The molecule has 1 saturated carbocycles. The third-order valence-electron chi connectivity index (χ3n) is 6.06. The van der Waals surface area contributed by atoms with Gasteiger partial charge in [-0.25, -0.2) is 13.4 Å². The summed E-state index contributed by atoms with van der Waals surface area (Å²) in [6, 6.07) is 8.56. The molecule has 1 aromatic carbocycles. The first-order valence-corrected chi connectivity index (χ1v) is 13.8. The van der Waals surface area contributed by atoms with E-state index in [2.05, 4.69) is 24.7 Å². The molecular formula is C24H21F3N4O5S2. The highest BCUT2D eigenvalue weighted by molar-refractivity contribution is 7.92. The van der Waals surface area contributed by atoms with Crippen molar-refractivity contribution in [2.45, 2.75) is 42.7 Å². The molecule has 1 aliphatic carbocycles. The van der Waals surface area contributed by atoms with Gasteiger partial charge in [0, 0.05) is 15.8 Å². The Morgan fingerprint density at radius 2 is 1.95 bits per heavy atom. The van der Waals surface area contributed by atoms with E-state index in [1.54, 1.807) is 0 Å². The average Bonchev–Trinajstić information content (AvgIpc) is 3.58. The average molecular weight is 567 g/mol. The number of benzene rings is 1. The number of amides is 1. The number of carbonyl (C=O) groups is 1. The monoisotopic (exact) mass is 566 g/mol. The van der Waals surface area contributed by atoms with Crippen molar-refractivity contribution in [1.82, 2.24) is 15.3 Å². The molecule has 0 saturated heterocycles. The number of H-pyrrole nitrogens is 1. The lowest BCUT2D eigenvalue weighted by atomic mass is 10.1. The van der Waals surface area contributed by atoms with Crippen LogP contribution in [0.25, 0.3) is 21.5 Å². The number of thiophene rings is 1. The van der Waals surface area contributed by atoms with Crippen molar-refractivity contribution in [3.63, 3.8) is 0 Å². The van der Waals surface area contributed by atoms with Crippen LogP contribution in [0.1, 0.15) is 29.8 Å². The third-order valence-corrected chi connectivity index (χ3v) is 8.35. The highest BCUT2D eigenvalue weighted by Crippen LogP contribution is 2.36. The van der Waals surface area contributed by atoms with Gasteiger partial charge >= 0.3 is 6.36 Å². The summed E-state index contributed by atoms with van der Waals surface area (Å²) in [7, 11) is -4.18. The number of hydrogen-bond acceptors (Lipinski definition) is 7. The number of aliphatic hydroxyl groups excluding tert-OH is 1. The Labute approximate surface area is 218 Å². The molecule has 1 aliphatic rings. The van der Waals surface area contributed by atoms with Gasteiger partial charge in [-0.05, 0) is 61.0 Å². The lowest BCUT2D eigenvalue weighted by molar-refractivity contribution is -0.274. The van der Waals surface area contributed by atoms with E-state index in [0.29, 0.717) is 29.4 Å². The van der Waals surface area contributed by atoms with E-state index in [-0.39, 0.29) is 22.3 Å². The summed E-state index contributed by atoms with van der Waals surface area (Å²) in [5.74, 6) is -0.968. The van der Waals surface area contributed by atoms with E-state index in [1.807, 2.05) is 17.5 Å². The predicted octanol–water partition coefficient (Wildman–Crippen LogP) is 4.63. The van der Waals surface area contributed by atoms with Crippen LogP contribution in [0.4, 0.5) is 18.9 Å². The van der Waals surface area contributed by atoms with Gasteiger partial charge in [0.15, 0.2) is 0 Å². The Balaban J connectivity index is 1.46. The van der Waals surface area contributed by atoms with Gasteiger partial charge < -0.3 is 20.1 Å². The fourth-order valence-corrected chi connectivity index (χ4v) is 6.18. The highest BCUT2D eigenvalue weighted by Gasteiger charge is 2.31. The molecule has 1 amide bonds. The van der Waals surface area contributed by atoms with Crippen LogP contribution in [-0.4, -0.2) is 47.9 Å². The first-order valence-electron chi connectivity index (χ1n) is 11.4. The summed E-state index contributed by atoms with van der Waals surface area (Å²) in [6.07, 6.45) is -2.18. The van der Waals surface area contributed by atoms with Gasteiger partial charge in [0.2, 0.25) is 0 Å². The molecule has 38 heavy (non-hydrogen) atoms. The fourth-order valence-electron chi connectivity index (χ4n) is 4.36. The number of sulfonamides is 1. The van der Waals surface area contributed by atoms with Crippen molar-refractivity contribution in [3.8, 4) is 16.2 Å². The van der Waals surface area contributed by atoms with Gasteiger partial charge in [-0.1, -0.05) is 6.07 Å². The van der Waals surface area contributed by atoms with Crippen LogP contribution in [0.3, 0.4) is 0 Å². The Kier molecular flexibility index (Phi) is 6.79. The summed E-state index contributed by atoms with van der Waals surface area (Å²) in [5, 5.41) is 15.3. The van der Waals surface area contributed by atoms with Crippen molar-refractivity contribution in [2.75, 3.05) is 4.72 Å². The Hall–Kier alpha value is -3.62. The molecule has 5 rings (SSSR count). The largest absolute Gasteiger partial charge is 0.573 e. The number of nitrogens with one attached hydrogen (secondary N) is 3. The van der Waals surface area contributed by atoms with Gasteiger partial charge in [-0.3, -0.25) is 9.52 Å². The van der Waals surface area contributed by atoms with Crippen molar-refractivity contribution < 1.29 is 36.2 Å². The third kappa shape index (κ3) is 5.47. The van der Waals surface area contributed by atoms with E-state index < -0.39 is 34.1 Å². The molecule has 0 bridgehead atoms. The molecule has 4 N–H and O–H groups in total. The molecule has 200 valence electrons. The molecule has 14 heteroatoms. The van der Waals surface area contributed by atoms with Crippen LogP contribution < -0.4 is 14.8 Å². The van der Waals surface area contributed by atoms with E-state index in [0.717, 1.165) is 35.6 Å². The summed E-state index contributed by atoms with van der Waals surface area (Å²) >= 11 is 1.38. The van der Waals surface area contributed by atoms with Gasteiger partial charge in [-0.2, -0.15) is 0 Å². The van der Waals surface area contributed by atoms with Crippen LogP contribution in [0, 0.1) is 0 Å². The number of aliphatic hydroxyl groups is 1. The van der Waals surface area contributed by atoms with Crippen LogP contribution in [0.5, 0.6) is 5.75 Å². The number of alkyl halides is 3. The molecule has 0 radical (unpaired) electrons. The molecule has 9 nitrogen and oxygen atoms in total. The molecular weight excluding hydrogens is 545 g/mol. The normalized spacial score (nSPS) is 18.0. The number of nitrogens with zero attached hydrogens (tertiary/aromatic N) is 1. The Morgan fingerprint density at radius 3 is 2.58 bits per heavy atom. The second-order valence-electron chi connectivity index (χ2n) is 8.68. The number of carbonyl (C=O) groups excluding carboxylic acids is 1. The number of hydrogen-bond donors (Lipinski definition) is 4. The molecule has 0 unspecified atom stereocenters. The Bertz CT molecular complexity index is 1570. The Morgan fingerprint density at radius 1 is 1.18 bits per heavy atom. The number of aromatic amines is 1. The number of pyridine rings is 1. The second-order valence-corrected chi connectivity index (χ2v) is 11.3. The van der Waals surface area contributed by atoms with Crippen molar-refractivity contribution >= 4 is 44.0 Å². The molecule has 1 fully saturated rings. The molecule has 0 aliphatic heterocycles. The van der Waals surface area contributed by atoms with Crippen LogP contribution in [0.15, 0.2) is 58.9 Å². The molecule has 4 aromatic rings. The van der Waals surface area contributed by atoms with Crippen molar-refractivity contribution in [3.05, 3.63) is 59.7 Å². The standard InChI is InChI=1S/C24H21F3N4O5S2/c25-24(26,27)36-14-6-8-15(9-7-14)38(34,35)31-13-11-16-20(19-5-2-10-37-19)21(30-22(16)28-12-13)23(33)29-17-3-1-4-18(17)32/h2,5-12,17-18,31-32H,1,3-4H2,(H,28,30)(H,29,33)/t17-,18+/m0/s1. The molecule has 0 spiro atoms. The van der Waals surface area contributed by atoms with Crippen molar-refractivity contribution in [2.24, 2.45) is 0 Å². The lowest BCUT2D eigenvalue weighted by Crippen LogP contribution is -2.40. The zero-order valence-electron chi connectivity index (χ0n) is 19.4. The lowest BCUT2D eigenvalue weighted by Gasteiger charge is -2.16. The van der Waals surface area contributed by atoms with Gasteiger partial charge in [0.05, 0.1) is 28.9 Å². The number of fused-ring (bicyclic) bond motifs is 1. The number of rotatable bonds is 7. The quantitative estimate of drug-likeness (QED) is 0.258. The van der Waals surface area contributed by atoms with E-state index in [9.17, 15) is 31.5 Å². The first kappa shape index (κ1) is 26.0. The zero-order valence-corrected chi connectivity index (χ0v) is 21.1. The SMILES string of the molecule is O=C(N[C@H]1CCC[C@H]1O)c1[nH]c2ncc(NS(=O)(=O)c3ccc(OC(F)(F)F)cc3)cc2c1-c1cccs1. The van der Waals surface area contributed by atoms with Gasteiger partial charge in [0.1, 0.15) is 17.1 Å². The number of aromatic nitrogens is 2. The minimum absolute atomic E-state index is 0.0862. The van der Waals surface area contributed by atoms with E-state index >= 15 is 0 Å². The van der Waals surface area contributed by atoms with Crippen molar-refractivity contribution in [1.29, 1.82) is 0 Å². The minimum Gasteiger partial charge on any atom is -0.406 e. The first-order chi connectivity index (χ1) is 18.0. The maximum atomic E-state index is 13.2. The zero-order chi connectivity index (χ0) is 27.1. The molecule has 3 aromatic heterocycles. The molecule has 3 heterocycles. The smallest absolute Gasteiger partial charge is 0.406 e. The summed E-state index contributed by atoms with van der Waals surface area (Å²) in [4.78, 5) is 20.9. The van der Waals surface area contributed by atoms with Gasteiger partial charge in [0.25, 0.3) is 15.9 Å². The topological polar surface area (TPSA) is 133 Å². The van der Waals surface area contributed by atoms with Crippen LogP contribution in [-0.2, 0) is 10.0 Å². The summed E-state index contributed by atoms with van der Waals surface area (Å²) in [5.41, 5.74) is 1.20. The number of ether oxygens (including phenoxy) is 1. The fraction of sp³-hybridized carbons (Fsp3) is 0.250. The van der Waals surface area contributed by atoms with Crippen LogP contribution >= 0.6 is 11.3 Å². The predicted molar refractivity (Wildman–Crippen MR) is 134 cm³/mol. The maximum Gasteiger partial charge on any atom is 0.573 e. The highest BCUT2D eigenvalue weighted by atomic mass is 32.2. The van der Waals surface area contributed by atoms with E-state index in [4.69, 9.17) is 0 Å². The summed E-state index contributed by atoms with van der Waals surface area (Å²) < 4.78 is 69.1. The molecule has 2 atom stereocenters. The van der Waals surface area contributed by atoms with Crippen LogP contribution in [0.2, 0.25) is 0 Å². The second kappa shape index (κ2) is 9.93. The number of anilines is 1. The summed E-state index contributed by atoms with van der Waals surface area (Å²) in [6.45, 7) is 0. The minimum atomic E-state index is -4.90. The maximum absolute atomic E-state index is 13.2. The van der Waals surface area contributed by atoms with E-state index in [1.165, 1.54) is 23.6 Å². The number of halogens is 3.